The molecule has 1 saturated heterocycles. The molecule has 0 aromatic heterocycles. The van der Waals surface area contributed by atoms with Gasteiger partial charge in [0.1, 0.15) is 12.2 Å². The Kier molecular flexibility index (Phi) is 6.73. The lowest BCUT2D eigenvalue weighted by Crippen LogP contribution is -2.47. The second kappa shape index (κ2) is 9.00. The Bertz CT molecular complexity index is 613. The van der Waals surface area contributed by atoms with Crippen molar-refractivity contribution in [1.82, 2.24) is 10.2 Å². The van der Waals surface area contributed by atoms with Crippen molar-refractivity contribution in [1.29, 1.82) is 0 Å². The summed E-state index contributed by atoms with van der Waals surface area (Å²) in [5.41, 5.74) is 0.432. The van der Waals surface area contributed by atoms with Crippen molar-refractivity contribution in [3.63, 3.8) is 0 Å². The van der Waals surface area contributed by atoms with Crippen molar-refractivity contribution in [2.45, 2.75) is 32.2 Å². The summed E-state index contributed by atoms with van der Waals surface area (Å²) >= 11 is 0. The van der Waals surface area contributed by atoms with Crippen LogP contribution in [0, 0.1) is 5.82 Å². The zero-order valence-corrected chi connectivity index (χ0v) is 14.1. The summed E-state index contributed by atoms with van der Waals surface area (Å²) in [7, 11) is 0. The van der Waals surface area contributed by atoms with E-state index in [0.717, 1.165) is 0 Å². The Morgan fingerprint density at radius 1 is 1.16 bits per heavy atom. The van der Waals surface area contributed by atoms with Crippen LogP contribution in [0.15, 0.2) is 24.3 Å². The van der Waals surface area contributed by atoms with Crippen LogP contribution in [0.1, 0.15) is 26.2 Å². The number of piperidine rings is 1. The quantitative estimate of drug-likeness (QED) is 0.793. The molecule has 25 heavy (non-hydrogen) atoms. The van der Waals surface area contributed by atoms with E-state index < -0.39 is 11.7 Å². The van der Waals surface area contributed by atoms with Gasteiger partial charge in [0.05, 0.1) is 6.61 Å². The molecule has 1 aliphatic heterocycles. The van der Waals surface area contributed by atoms with Gasteiger partial charge < -0.3 is 20.3 Å². The minimum atomic E-state index is -0.465. The maximum Gasteiger partial charge on any atom is 0.409 e. The van der Waals surface area contributed by atoms with E-state index in [-0.39, 0.29) is 24.5 Å². The van der Waals surface area contributed by atoms with Crippen molar-refractivity contribution >= 4 is 23.6 Å². The number of likely N-dealkylation sites (tertiary alicyclic amines) is 1. The second-order valence-electron chi connectivity index (χ2n) is 5.76. The zero-order valence-electron chi connectivity index (χ0n) is 14.1. The van der Waals surface area contributed by atoms with E-state index in [1.54, 1.807) is 11.8 Å². The lowest BCUT2D eigenvalue weighted by Gasteiger charge is -2.31. The maximum atomic E-state index is 12.8. The zero-order chi connectivity index (χ0) is 18.2. The number of anilines is 1. The second-order valence-corrected chi connectivity index (χ2v) is 5.76. The van der Waals surface area contributed by atoms with Crippen molar-refractivity contribution in [2.75, 3.05) is 25.0 Å². The van der Waals surface area contributed by atoms with Gasteiger partial charge in [-0.3, -0.25) is 9.59 Å². The minimum absolute atomic E-state index is 0.0724. The number of rotatable bonds is 5. The fourth-order valence-electron chi connectivity index (χ4n) is 2.58. The van der Waals surface area contributed by atoms with E-state index in [2.05, 4.69) is 10.6 Å². The summed E-state index contributed by atoms with van der Waals surface area (Å²) in [6, 6.07) is 5.24. The Hall–Kier alpha value is -2.64. The average molecular weight is 351 g/mol. The van der Waals surface area contributed by atoms with Gasteiger partial charge in [-0.15, -0.1) is 0 Å². The van der Waals surface area contributed by atoms with Crippen LogP contribution >= 0.6 is 0 Å². The number of amides is 3. The normalized spacial score (nSPS) is 14.7. The molecule has 0 aliphatic carbocycles. The third-order valence-electron chi connectivity index (χ3n) is 3.84. The van der Waals surface area contributed by atoms with Crippen LogP contribution in [-0.4, -0.2) is 48.5 Å². The molecular weight excluding hydrogens is 329 g/mol. The van der Waals surface area contributed by atoms with Crippen LogP contribution in [0.3, 0.4) is 0 Å². The van der Waals surface area contributed by atoms with E-state index in [1.165, 1.54) is 24.3 Å². The van der Waals surface area contributed by atoms with Gasteiger partial charge in [-0.05, 0) is 44.0 Å². The Morgan fingerprint density at radius 3 is 2.40 bits per heavy atom. The van der Waals surface area contributed by atoms with Gasteiger partial charge in [0, 0.05) is 24.8 Å². The first-order valence-electron chi connectivity index (χ1n) is 8.24. The third kappa shape index (κ3) is 6.06. The molecule has 1 fully saturated rings. The molecule has 7 nitrogen and oxygen atoms in total. The van der Waals surface area contributed by atoms with Crippen LogP contribution in [0.4, 0.5) is 14.9 Å². The highest BCUT2D eigenvalue weighted by Crippen LogP contribution is 2.12. The largest absolute Gasteiger partial charge is 0.450 e. The van der Waals surface area contributed by atoms with Gasteiger partial charge in [0.25, 0.3) is 0 Å². The molecule has 0 atom stereocenters. The SMILES string of the molecule is CCOC(=O)N1CCC(NC(=O)CC(=O)Nc2ccc(F)cc2)CC1. The molecule has 2 rings (SSSR count). The predicted octanol–water partition coefficient (Wildman–Crippen LogP) is 1.89. The van der Waals surface area contributed by atoms with E-state index in [1.807, 2.05) is 0 Å². The molecule has 0 unspecified atom stereocenters. The maximum absolute atomic E-state index is 12.8. The summed E-state index contributed by atoms with van der Waals surface area (Å²) in [6.45, 7) is 3.09. The molecular formula is C17H22FN3O4. The summed E-state index contributed by atoms with van der Waals surface area (Å²) in [6.07, 6.45) is 0.579. The molecule has 1 aliphatic rings. The number of carbonyl (C=O) groups excluding carboxylic acids is 3. The van der Waals surface area contributed by atoms with E-state index in [9.17, 15) is 18.8 Å². The molecule has 0 spiro atoms. The molecule has 2 N–H and O–H groups in total. The Morgan fingerprint density at radius 2 is 1.80 bits per heavy atom. The van der Waals surface area contributed by atoms with E-state index in [4.69, 9.17) is 4.74 Å². The minimum Gasteiger partial charge on any atom is -0.450 e. The molecule has 3 amide bonds. The number of nitrogens with one attached hydrogen (secondary N) is 2. The number of nitrogens with zero attached hydrogens (tertiary/aromatic N) is 1. The third-order valence-corrected chi connectivity index (χ3v) is 3.84. The lowest BCUT2D eigenvalue weighted by atomic mass is 10.1. The molecule has 0 bridgehead atoms. The Balaban J connectivity index is 1.71. The molecule has 136 valence electrons. The summed E-state index contributed by atoms with van der Waals surface area (Å²) < 4.78 is 17.7. The number of halogens is 1. The van der Waals surface area contributed by atoms with Crippen LogP contribution in [-0.2, 0) is 14.3 Å². The fraction of sp³-hybridized carbons (Fsp3) is 0.471. The molecule has 1 aromatic rings. The van der Waals surface area contributed by atoms with Crippen molar-refractivity contribution < 1.29 is 23.5 Å². The van der Waals surface area contributed by atoms with Gasteiger partial charge in [0.15, 0.2) is 0 Å². The number of hydrogen-bond acceptors (Lipinski definition) is 4. The molecule has 1 aromatic carbocycles. The first-order chi connectivity index (χ1) is 12.0. The summed E-state index contributed by atoms with van der Waals surface area (Å²) in [5.74, 6) is -1.24. The van der Waals surface area contributed by atoms with Crippen LogP contribution in [0.5, 0.6) is 0 Å². The van der Waals surface area contributed by atoms with Gasteiger partial charge >= 0.3 is 6.09 Å². The Labute approximate surface area is 145 Å². The monoisotopic (exact) mass is 351 g/mol. The molecule has 1 heterocycles. The molecule has 8 heteroatoms. The molecule has 0 radical (unpaired) electrons. The predicted molar refractivity (Wildman–Crippen MR) is 89.4 cm³/mol. The van der Waals surface area contributed by atoms with Crippen LogP contribution < -0.4 is 10.6 Å². The van der Waals surface area contributed by atoms with E-state index in [0.29, 0.717) is 38.2 Å². The standard InChI is InChI=1S/C17H22FN3O4/c1-2-25-17(24)21-9-7-14(8-10-21)20-16(23)11-15(22)19-13-5-3-12(18)4-6-13/h3-6,14H,2,7-11H2,1H3,(H,19,22)(H,20,23). The van der Waals surface area contributed by atoms with E-state index >= 15 is 0 Å². The first kappa shape index (κ1) is 18.7. The summed E-state index contributed by atoms with van der Waals surface area (Å²) in [5, 5.41) is 5.34. The number of hydrogen-bond donors (Lipinski definition) is 2. The highest BCUT2D eigenvalue weighted by Gasteiger charge is 2.25. The van der Waals surface area contributed by atoms with Crippen LogP contribution in [0.25, 0.3) is 0 Å². The highest BCUT2D eigenvalue weighted by atomic mass is 19.1. The average Bonchev–Trinajstić information content (AvgIpc) is 2.57. The smallest absolute Gasteiger partial charge is 0.409 e. The first-order valence-corrected chi connectivity index (χ1v) is 8.24. The van der Waals surface area contributed by atoms with Crippen molar-refractivity contribution in [2.24, 2.45) is 0 Å². The van der Waals surface area contributed by atoms with Gasteiger partial charge in [-0.1, -0.05) is 0 Å². The lowest BCUT2D eigenvalue weighted by molar-refractivity contribution is -0.127. The van der Waals surface area contributed by atoms with Gasteiger partial charge in [0.2, 0.25) is 11.8 Å². The summed E-state index contributed by atoms with van der Waals surface area (Å²) in [4.78, 5) is 37.0. The molecule has 0 saturated carbocycles. The topological polar surface area (TPSA) is 87.7 Å². The highest BCUT2D eigenvalue weighted by molar-refractivity contribution is 6.03. The number of benzene rings is 1. The number of carbonyl (C=O) groups is 3. The van der Waals surface area contributed by atoms with Crippen LogP contribution in [0.2, 0.25) is 0 Å². The van der Waals surface area contributed by atoms with Crippen molar-refractivity contribution in [3.05, 3.63) is 30.1 Å². The van der Waals surface area contributed by atoms with Gasteiger partial charge in [-0.25, -0.2) is 9.18 Å². The van der Waals surface area contributed by atoms with Gasteiger partial charge in [-0.2, -0.15) is 0 Å². The number of ether oxygens (including phenoxy) is 1. The fourth-order valence-corrected chi connectivity index (χ4v) is 2.58. The van der Waals surface area contributed by atoms with Crippen molar-refractivity contribution in [3.8, 4) is 0 Å².